The molecule has 0 unspecified atom stereocenters. The first-order valence-corrected chi connectivity index (χ1v) is 9.10. The molecule has 24 heavy (non-hydrogen) atoms. The van der Waals surface area contributed by atoms with Gasteiger partial charge in [-0.15, -0.1) is 0 Å². The van der Waals surface area contributed by atoms with Crippen LogP contribution in [0.15, 0.2) is 48.5 Å². The van der Waals surface area contributed by atoms with Gasteiger partial charge in [-0.25, -0.2) is 0 Å². The summed E-state index contributed by atoms with van der Waals surface area (Å²) in [5.41, 5.74) is 8.21. The number of nitrogens with two attached hydrogens (primary N) is 1. The van der Waals surface area contributed by atoms with E-state index in [2.05, 4.69) is 45.0 Å². The summed E-state index contributed by atoms with van der Waals surface area (Å²) in [6, 6.07) is 16.2. The normalized spacial score (nSPS) is 24.1. The Morgan fingerprint density at radius 2 is 1.42 bits per heavy atom. The average molecular weight is 323 g/mol. The minimum atomic E-state index is 0.311. The van der Waals surface area contributed by atoms with Crippen LogP contribution in [0.5, 0.6) is 11.5 Å². The maximum Gasteiger partial charge on any atom is 0.127 e. The molecule has 1 aliphatic carbocycles. The van der Waals surface area contributed by atoms with Crippen molar-refractivity contribution >= 4 is 5.69 Å². The minimum absolute atomic E-state index is 0.311. The van der Waals surface area contributed by atoms with E-state index in [1.54, 1.807) is 0 Å². The lowest BCUT2D eigenvalue weighted by Crippen LogP contribution is -2.30. The molecule has 2 heteroatoms. The maximum absolute atomic E-state index is 5.90. The van der Waals surface area contributed by atoms with Gasteiger partial charge in [0, 0.05) is 5.69 Å². The fourth-order valence-electron chi connectivity index (χ4n) is 3.83. The van der Waals surface area contributed by atoms with E-state index in [0.29, 0.717) is 5.41 Å². The second-order valence-electron chi connectivity index (χ2n) is 7.84. The summed E-state index contributed by atoms with van der Waals surface area (Å²) in [4.78, 5) is 0. The molecule has 0 aromatic heterocycles. The number of rotatable bonds is 4. The lowest BCUT2D eigenvalue weighted by molar-refractivity contribution is 0.204. The highest BCUT2D eigenvalue weighted by molar-refractivity contribution is 5.43. The van der Waals surface area contributed by atoms with Gasteiger partial charge >= 0.3 is 0 Å². The molecule has 1 saturated carbocycles. The third-order valence-electron chi connectivity index (χ3n) is 5.74. The molecule has 1 fully saturated rings. The molecule has 3 rings (SSSR count). The molecule has 128 valence electrons. The monoisotopic (exact) mass is 323 g/mol. The van der Waals surface area contributed by atoms with Gasteiger partial charge in [0.25, 0.3) is 0 Å². The van der Waals surface area contributed by atoms with Gasteiger partial charge in [-0.3, -0.25) is 0 Å². The Labute approximate surface area is 146 Å². The highest BCUT2D eigenvalue weighted by Crippen LogP contribution is 2.43. The van der Waals surface area contributed by atoms with Crippen molar-refractivity contribution in [3.05, 3.63) is 54.1 Å². The van der Waals surface area contributed by atoms with Gasteiger partial charge in [-0.1, -0.05) is 32.9 Å². The van der Waals surface area contributed by atoms with Crippen LogP contribution in [-0.2, 0) is 5.41 Å². The molecule has 0 heterocycles. The van der Waals surface area contributed by atoms with Gasteiger partial charge in [0.2, 0.25) is 0 Å². The van der Waals surface area contributed by atoms with Crippen molar-refractivity contribution < 1.29 is 4.74 Å². The number of hydrogen-bond acceptors (Lipinski definition) is 2. The van der Waals surface area contributed by atoms with Crippen molar-refractivity contribution in [1.29, 1.82) is 0 Å². The lowest BCUT2D eigenvalue weighted by atomic mass is 9.66. The first-order chi connectivity index (χ1) is 11.5. The molecule has 1 aliphatic rings. The molecule has 2 N–H and O–H groups in total. The zero-order chi connectivity index (χ0) is 17.2. The topological polar surface area (TPSA) is 35.2 Å². The Balaban J connectivity index is 1.67. The standard InChI is InChI=1S/C22H29NO/c1-16(2)17-12-14-22(3,15-13-17)18-4-8-20(9-5-18)24-21-10-6-19(23)7-11-21/h4-11,16-17H,12-15,23H2,1-3H3. The van der Waals surface area contributed by atoms with Crippen LogP contribution in [0.4, 0.5) is 5.69 Å². The molecule has 0 radical (unpaired) electrons. The second kappa shape index (κ2) is 6.88. The van der Waals surface area contributed by atoms with Crippen molar-refractivity contribution in [3.8, 4) is 11.5 Å². The summed E-state index contributed by atoms with van der Waals surface area (Å²) in [7, 11) is 0. The first-order valence-electron chi connectivity index (χ1n) is 9.10. The summed E-state index contributed by atoms with van der Waals surface area (Å²) < 4.78 is 5.90. The predicted octanol–water partition coefficient (Wildman–Crippen LogP) is 6.17. The molecule has 2 nitrogen and oxygen atoms in total. The quantitative estimate of drug-likeness (QED) is 0.683. The fourth-order valence-corrected chi connectivity index (χ4v) is 3.83. The van der Waals surface area contributed by atoms with Crippen LogP contribution in [0.3, 0.4) is 0 Å². The molecular weight excluding hydrogens is 294 g/mol. The van der Waals surface area contributed by atoms with E-state index in [4.69, 9.17) is 10.5 Å². The van der Waals surface area contributed by atoms with E-state index in [1.165, 1.54) is 31.2 Å². The van der Waals surface area contributed by atoms with Gasteiger partial charge in [-0.2, -0.15) is 0 Å². The van der Waals surface area contributed by atoms with Crippen LogP contribution < -0.4 is 10.5 Å². The molecular formula is C22H29NO. The summed E-state index contributed by atoms with van der Waals surface area (Å²) >= 11 is 0. The van der Waals surface area contributed by atoms with Gasteiger partial charge in [0.05, 0.1) is 0 Å². The number of hydrogen-bond donors (Lipinski definition) is 1. The summed E-state index contributed by atoms with van der Waals surface area (Å²) in [6.07, 6.45) is 5.26. The number of nitrogen functional groups attached to an aromatic ring is 1. The van der Waals surface area contributed by atoms with Crippen molar-refractivity contribution in [1.82, 2.24) is 0 Å². The van der Waals surface area contributed by atoms with E-state index in [-0.39, 0.29) is 0 Å². The second-order valence-corrected chi connectivity index (χ2v) is 7.84. The van der Waals surface area contributed by atoms with E-state index >= 15 is 0 Å². The largest absolute Gasteiger partial charge is 0.457 e. The molecule has 0 amide bonds. The van der Waals surface area contributed by atoms with Gasteiger partial charge in [0.1, 0.15) is 11.5 Å². The van der Waals surface area contributed by atoms with Crippen LogP contribution in [0, 0.1) is 11.8 Å². The molecule has 0 saturated heterocycles. The molecule has 2 aromatic carbocycles. The van der Waals surface area contributed by atoms with Crippen LogP contribution in [-0.4, -0.2) is 0 Å². The zero-order valence-electron chi connectivity index (χ0n) is 15.1. The van der Waals surface area contributed by atoms with E-state index in [9.17, 15) is 0 Å². The molecule has 0 spiro atoms. The third-order valence-corrected chi connectivity index (χ3v) is 5.74. The molecule has 0 bridgehead atoms. The molecule has 0 aliphatic heterocycles. The van der Waals surface area contributed by atoms with Crippen LogP contribution in [0.25, 0.3) is 0 Å². The number of ether oxygens (including phenoxy) is 1. The lowest BCUT2D eigenvalue weighted by Gasteiger charge is -2.39. The summed E-state index contributed by atoms with van der Waals surface area (Å²) in [6.45, 7) is 7.13. The smallest absolute Gasteiger partial charge is 0.127 e. The van der Waals surface area contributed by atoms with Gasteiger partial charge in [-0.05, 0) is 84.9 Å². The highest BCUT2D eigenvalue weighted by atomic mass is 16.5. The van der Waals surface area contributed by atoms with E-state index in [1.807, 2.05) is 24.3 Å². The SMILES string of the molecule is CC(C)C1CCC(C)(c2ccc(Oc3ccc(N)cc3)cc2)CC1. The fraction of sp³-hybridized carbons (Fsp3) is 0.455. The van der Waals surface area contributed by atoms with Crippen LogP contribution in [0.2, 0.25) is 0 Å². The van der Waals surface area contributed by atoms with E-state index < -0.39 is 0 Å². The third kappa shape index (κ3) is 3.75. The zero-order valence-corrected chi connectivity index (χ0v) is 15.1. The van der Waals surface area contributed by atoms with Gasteiger partial charge < -0.3 is 10.5 Å². The Kier molecular flexibility index (Phi) is 4.84. The Morgan fingerprint density at radius 3 is 1.92 bits per heavy atom. The summed E-state index contributed by atoms with van der Waals surface area (Å²) in [5.74, 6) is 3.40. The predicted molar refractivity (Wildman–Crippen MR) is 102 cm³/mol. The number of anilines is 1. The Hall–Kier alpha value is -1.96. The van der Waals surface area contributed by atoms with E-state index in [0.717, 1.165) is 29.0 Å². The number of benzene rings is 2. The Morgan fingerprint density at radius 1 is 0.917 bits per heavy atom. The molecule has 2 aromatic rings. The summed E-state index contributed by atoms with van der Waals surface area (Å²) in [5, 5.41) is 0. The first kappa shape index (κ1) is 16.9. The minimum Gasteiger partial charge on any atom is -0.457 e. The van der Waals surface area contributed by atoms with Crippen LogP contribution in [0.1, 0.15) is 52.0 Å². The Bertz CT molecular complexity index is 649. The average Bonchev–Trinajstić information content (AvgIpc) is 2.58. The van der Waals surface area contributed by atoms with Gasteiger partial charge in [0.15, 0.2) is 0 Å². The highest BCUT2D eigenvalue weighted by Gasteiger charge is 2.33. The maximum atomic E-state index is 5.90. The molecule has 0 atom stereocenters. The van der Waals surface area contributed by atoms with Crippen LogP contribution >= 0.6 is 0 Å². The van der Waals surface area contributed by atoms with Crippen molar-refractivity contribution in [2.24, 2.45) is 11.8 Å². The van der Waals surface area contributed by atoms with Crippen molar-refractivity contribution in [2.45, 2.75) is 51.9 Å². The van der Waals surface area contributed by atoms with Crippen molar-refractivity contribution in [3.63, 3.8) is 0 Å². The van der Waals surface area contributed by atoms with Crippen molar-refractivity contribution in [2.75, 3.05) is 5.73 Å².